The van der Waals surface area contributed by atoms with Gasteiger partial charge in [-0.2, -0.15) is 5.10 Å². The summed E-state index contributed by atoms with van der Waals surface area (Å²) in [5, 5.41) is 6.46. The van der Waals surface area contributed by atoms with Crippen LogP contribution in [0.25, 0.3) is 0 Å². The second-order valence-electron chi connectivity index (χ2n) is 4.06. The van der Waals surface area contributed by atoms with Crippen LogP contribution in [0.5, 0.6) is 0 Å². The number of hydrogen-bond acceptors (Lipinski definition) is 3. The van der Waals surface area contributed by atoms with E-state index in [0.29, 0.717) is 11.5 Å². The second kappa shape index (κ2) is 5.12. The van der Waals surface area contributed by atoms with E-state index in [0.717, 1.165) is 32.7 Å². The zero-order valence-corrected chi connectivity index (χ0v) is 9.48. The van der Waals surface area contributed by atoms with E-state index in [1.54, 1.807) is 12.4 Å². The number of aromatic amines is 1. The summed E-state index contributed by atoms with van der Waals surface area (Å²) >= 11 is 0. The van der Waals surface area contributed by atoms with Crippen molar-refractivity contribution < 1.29 is 9.53 Å². The van der Waals surface area contributed by atoms with Crippen molar-refractivity contribution >= 4 is 5.91 Å². The summed E-state index contributed by atoms with van der Waals surface area (Å²) in [6.45, 7) is 5.09. The molecule has 2 heterocycles. The maximum atomic E-state index is 12.0. The summed E-state index contributed by atoms with van der Waals surface area (Å²) in [6, 6.07) is 0. The molecule has 1 fully saturated rings. The lowest BCUT2D eigenvalue weighted by Gasteiger charge is -2.23. The minimum absolute atomic E-state index is 0.0446. The van der Waals surface area contributed by atoms with Gasteiger partial charge >= 0.3 is 0 Å². The highest BCUT2D eigenvalue weighted by Gasteiger charge is 2.22. The molecule has 0 aromatic carbocycles. The largest absolute Gasteiger partial charge is 0.381 e. The van der Waals surface area contributed by atoms with Crippen LogP contribution in [0.15, 0.2) is 12.4 Å². The monoisotopic (exact) mass is 223 g/mol. The first-order valence-corrected chi connectivity index (χ1v) is 5.67. The van der Waals surface area contributed by atoms with Crippen molar-refractivity contribution in [2.24, 2.45) is 5.92 Å². The highest BCUT2D eigenvalue weighted by molar-refractivity contribution is 5.93. The van der Waals surface area contributed by atoms with Crippen LogP contribution >= 0.6 is 0 Å². The lowest BCUT2D eigenvalue weighted by atomic mass is 10.1. The average Bonchev–Trinajstić information content (AvgIpc) is 2.97. The molecule has 0 aliphatic carbocycles. The number of ether oxygens (including phenoxy) is 1. The third-order valence-corrected chi connectivity index (χ3v) is 2.92. The Kier molecular flexibility index (Phi) is 3.56. The van der Waals surface area contributed by atoms with Gasteiger partial charge in [-0.25, -0.2) is 0 Å². The first-order chi connectivity index (χ1) is 7.81. The van der Waals surface area contributed by atoms with Crippen molar-refractivity contribution in [3.8, 4) is 0 Å². The zero-order valence-electron chi connectivity index (χ0n) is 9.48. The molecule has 88 valence electrons. The van der Waals surface area contributed by atoms with E-state index < -0.39 is 0 Å². The molecule has 0 spiro atoms. The van der Waals surface area contributed by atoms with Crippen molar-refractivity contribution in [1.29, 1.82) is 0 Å². The fraction of sp³-hybridized carbons (Fsp3) is 0.636. The van der Waals surface area contributed by atoms with Gasteiger partial charge in [-0.3, -0.25) is 9.89 Å². The van der Waals surface area contributed by atoms with Crippen LogP contribution < -0.4 is 0 Å². The van der Waals surface area contributed by atoms with E-state index >= 15 is 0 Å². The minimum Gasteiger partial charge on any atom is -0.381 e. The van der Waals surface area contributed by atoms with E-state index in [1.807, 2.05) is 11.8 Å². The predicted molar refractivity (Wildman–Crippen MR) is 59.1 cm³/mol. The van der Waals surface area contributed by atoms with Gasteiger partial charge in [-0.05, 0) is 13.3 Å². The molecule has 1 atom stereocenters. The van der Waals surface area contributed by atoms with Gasteiger partial charge in [0.2, 0.25) is 0 Å². The van der Waals surface area contributed by atoms with Gasteiger partial charge in [-0.1, -0.05) is 0 Å². The minimum atomic E-state index is 0.0446. The SMILES string of the molecule is CCN(CC1CCOC1)C(=O)c1cn[nH]c1. The fourth-order valence-corrected chi connectivity index (χ4v) is 1.95. The van der Waals surface area contributed by atoms with Gasteiger partial charge in [0, 0.05) is 31.8 Å². The van der Waals surface area contributed by atoms with Crippen LogP contribution in [-0.2, 0) is 4.74 Å². The molecule has 0 saturated carbocycles. The average molecular weight is 223 g/mol. The molecule has 0 bridgehead atoms. The molecule has 1 N–H and O–H groups in total. The second-order valence-corrected chi connectivity index (χ2v) is 4.06. The van der Waals surface area contributed by atoms with E-state index in [-0.39, 0.29) is 5.91 Å². The number of hydrogen-bond donors (Lipinski definition) is 1. The molecule has 2 rings (SSSR count). The van der Waals surface area contributed by atoms with Crippen molar-refractivity contribution in [3.63, 3.8) is 0 Å². The Balaban J connectivity index is 1.96. The number of aromatic nitrogens is 2. The summed E-state index contributed by atoms with van der Waals surface area (Å²) < 4.78 is 5.32. The first kappa shape index (κ1) is 11.1. The van der Waals surface area contributed by atoms with Crippen LogP contribution in [-0.4, -0.2) is 47.3 Å². The maximum absolute atomic E-state index is 12.0. The molecule has 16 heavy (non-hydrogen) atoms. The molecule has 1 amide bonds. The van der Waals surface area contributed by atoms with Gasteiger partial charge in [0.15, 0.2) is 0 Å². The molecule has 0 radical (unpaired) electrons. The molecular weight excluding hydrogens is 206 g/mol. The van der Waals surface area contributed by atoms with Gasteiger partial charge in [0.05, 0.1) is 18.4 Å². The van der Waals surface area contributed by atoms with Crippen LogP contribution in [0.3, 0.4) is 0 Å². The van der Waals surface area contributed by atoms with Gasteiger partial charge in [0.25, 0.3) is 5.91 Å². The highest BCUT2D eigenvalue weighted by atomic mass is 16.5. The van der Waals surface area contributed by atoms with Gasteiger partial charge < -0.3 is 9.64 Å². The Bertz CT molecular complexity index is 331. The molecule has 1 aliphatic heterocycles. The normalized spacial score (nSPS) is 19.9. The van der Waals surface area contributed by atoms with Crippen LogP contribution in [0.2, 0.25) is 0 Å². The molecular formula is C11H17N3O2. The highest BCUT2D eigenvalue weighted by Crippen LogP contribution is 2.15. The Morgan fingerprint density at radius 3 is 3.19 bits per heavy atom. The Morgan fingerprint density at radius 2 is 2.62 bits per heavy atom. The summed E-state index contributed by atoms with van der Waals surface area (Å²) in [7, 11) is 0. The first-order valence-electron chi connectivity index (χ1n) is 5.67. The zero-order chi connectivity index (χ0) is 11.4. The van der Waals surface area contributed by atoms with Gasteiger partial charge in [-0.15, -0.1) is 0 Å². The number of nitrogens with zero attached hydrogens (tertiary/aromatic N) is 2. The molecule has 1 aliphatic rings. The number of carbonyl (C=O) groups is 1. The lowest BCUT2D eigenvalue weighted by Crippen LogP contribution is -2.35. The standard InChI is InChI=1S/C11H17N3O2/c1-2-14(7-9-3-4-16-8-9)11(15)10-5-12-13-6-10/h5-6,9H,2-4,7-8H2,1H3,(H,12,13). The number of nitrogens with one attached hydrogen (secondary N) is 1. The maximum Gasteiger partial charge on any atom is 0.257 e. The number of amides is 1. The van der Waals surface area contributed by atoms with E-state index in [2.05, 4.69) is 10.2 Å². The molecule has 1 aromatic rings. The Morgan fingerprint density at radius 1 is 1.75 bits per heavy atom. The number of carbonyl (C=O) groups excluding carboxylic acids is 1. The number of rotatable bonds is 4. The topological polar surface area (TPSA) is 58.2 Å². The Labute approximate surface area is 94.8 Å². The third kappa shape index (κ3) is 2.41. The van der Waals surface area contributed by atoms with Crippen LogP contribution in [0.4, 0.5) is 0 Å². The van der Waals surface area contributed by atoms with Crippen molar-refractivity contribution in [2.45, 2.75) is 13.3 Å². The van der Waals surface area contributed by atoms with Crippen molar-refractivity contribution in [1.82, 2.24) is 15.1 Å². The summed E-state index contributed by atoms with van der Waals surface area (Å²) in [4.78, 5) is 13.9. The summed E-state index contributed by atoms with van der Waals surface area (Å²) in [5.74, 6) is 0.527. The molecule has 1 aromatic heterocycles. The predicted octanol–water partition coefficient (Wildman–Crippen LogP) is 0.908. The van der Waals surface area contributed by atoms with Crippen LogP contribution in [0, 0.1) is 5.92 Å². The molecule has 5 heteroatoms. The lowest BCUT2D eigenvalue weighted by molar-refractivity contribution is 0.0731. The molecule has 1 saturated heterocycles. The molecule has 5 nitrogen and oxygen atoms in total. The Hall–Kier alpha value is -1.36. The summed E-state index contributed by atoms with van der Waals surface area (Å²) in [5.41, 5.74) is 0.626. The quantitative estimate of drug-likeness (QED) is 0.825. The molecule has 1 unspecified atom stereocenters. The van der Waals surface area contributed by atoms with E-state index in [9.17, 15) is 4.79 Å². The van der Waals surface area contributed by atoms with E-state index in [4.69, 9.17) is 4.74 Å². The summed E-state index contributed by atoms with van der Waals surface area (Å²) in [6.07, 6.45) is 4.25. The van der Waals surface area contributed by atoms with Crippen molar-refractivity contribution in [2.75, 3.05) is 26.3 Å². The number of H-pyrrole nitrogens is 1. The van der Waals surface area contributed by atoms with Crippen LogP contribution in [0.1, 0.15) is 23.7 Å². The third-order valence-electron chi connectivity index (χ3n) is 2.92. The van der Waals surface area contributed by atoms with E-state index in [1.165, 1.54) is 0 Å². The van der Waals surface area contributed by atoms with Gasteiger partial charge in [0.1, 0.15) is 0 Å². The fourth-order valence-electron chi connectivity index (χ4n) is 1.95. The smallest absolute Gasteiger partial charge is 0.257 e. The van der Waals surface area contributed by atoms with Crippen molar-refractivity contribution in [3.05, 3.63) is 18.0 Å².